The first-order valence-corrected chi connectivity index (χ1v) is 13.7. The molecule has 3 rings (SSSR count). The van der Waals surface area contributed by atoms with E-state index in [0.29, 0.717) is 24.5 Å². The lowest BCUT2D eigenvalue weighted by Crippen LogP contribution is -2.52. The molecule has 0 radical (unpaired) electrons. The van der Waals surface area contributed by atoms with Crippen molar-refractivity contribution in [2.45, 2.75) is 46.2 Å². The van der Waals surface area contributed by atoms with Crippen LogP contribution in [0.4, 0.5) is 0 Å². The van der Waals surface area contributed by atoms with Gasteiger partial charge in [0.2, 0.25) is 5.91 Å². The molecular weight excluding hydrogens is 544 g/mol. The molecule has 0 aliphatic carbocycles. The maximum absolute atomic E-state index is 13.8. The van der Waals surface area contributed by atoms with Crippen molar-refractivity contribution in [3.05, 3.63) is 94.0 Å². The van der Waals surface area contributed by atoms with Gasteiger partial charge in [-0.3, -0.25) is 9.59 Å². The largest absolute Gasteiger partial charge is 0.497 e. The van der Waals surface area contributed by atoms with Gasteiger partial charge in [-0.15, -0.1) is 0 Å². The van der Waals surface area contributed by atoms with Crippen molar-refractivity contribution < 1.29 is 19.1 Å². The number of ether oxygens (including phenoxy) is 2. The first-order chi connectivity index (χ1) is 18.3. The van der Waals surface area contributed by atoms with E-state index in [9.17, 15) is 9.59 Å². The van der Waals surface area contributed by atoms with Crippen LogP contribution in [-0.4, -0.2) is 43.0 Å². The van der Waals surface area contributed by atoms with Gasteiger partial charge in [0.05, 0.1) is 11.6 Å². The minimum absolute atomic E-state index is 0.188. The lowest BCUT2D eigenvalue weighted by molar-refractivity contribution is -0.142. The lowest BCUT2D eigenvalue weighted by Gasteiger charge is -2.32. The second-order valence-electron chi connectivity index (χ2n) is 9.62. The molecule has 38 heavy (non-hydrogen) atoms. The van der Waals surface area contributed by atoms with Crippen LogP contribution in [0.2, 0.25) is 0 Å². The normalized spacial score (nSPS) is 11.6. The number of nitrogens with one attached hydrogen (secondary N) is 1. The zero-order chi connectivity index (χ0) is 27.5. The SMILES string of the molecule is CCc1ccc(OCC(=O)N(Cc2cccc(OC)c2)C(Cc2ccccc2)C(=O)NCC(C)C)c(Br)c1. The summed E-state index contributed by atoms with van der Waals surface area (Å²) in [5.74, 6) is 1.09. The summed E-state index contributed by atoms with van der Waals surface area (Å²) in [6, 6.07) is 22.4. The van der Waals surface area contributed by atoms with Gasteiger partial charge in [-0.25, -0.2) is 0 Å². The molecular formula is C31H37BrN2O4. The fraction of sp³-hybridized carbons (Fsp3) is 0.355. The van der Waals surface area contributed by atoms with Crippen LogP contribution in [0.1, 0.15) is 37.5 Å². The van der Waals surface area contributed by atoms with Gasteiger partial charge in [-0.2, -0.15) is 0 Å². The molecule has 0 saturated heterocycles. The van der Waals surface area contributed by atoms with E-state index in [4.69, 9.17) is 9.47 Å². The number of carbonyl (C=O) groups is 2. The molecule has 3 aromatic carbocycles. The quantitative estimate of drug-likeness (QED) is 0.277. The highest BCUT2D eigenvalue weighted by molar-refractivity contribution is 9.10. The van der Waals surface area contributed by atoms with Crippen LogP contribution in [0, 0.1) is 5.92 Å². The molecule has 0 spiro atoms. The Bertz CT molecular complexity index is 1200. The highest BCUT2D eigenvalue weighted by atomic mass is 79.9. The van der Waals surface area contributed by atoms with E-state index in [2.05, 4.69) is 28.2 Å². The van der Waals surface area contributed by atoms with Gasteiger partial charge in [0, 0.05) is 19.5 Å². The average molecular weight is 582 g/mol. The molecule has 0 aliphatic rings. The van der Waals surface area contributed by atoms with E-state index in [1.165, 1.54) is 5.56 Å². The van der Waals surface area contributed by atoms with E-state index in [-0.39, 0.29) is 30.9 Å². The fourth-order valence-corrected chi connectivity index (χ4v) is 4.59. The predicted molar refractivity (Wildman–Crippen MR) is 154 cm³/mol. The first-order valence-electron chi connectivity index (χ1n) is 13.0. The van der Waals surface area contributed by atoms with Crippen molar-refractivity contribution in [3.8, 4) is 11.5 Å². The second-order valence-corrected chi connectivity index (χ2v) is 10.5. The molecule has 0 aliphatic heterocycles. The van der Waals surface area contributed by atoms with Crippen LogP contribution in [0.15, 0.2) is 77.3 Å². The number of hydrogen-bond donors (Lipinski definition) is 1. The fourth-order valence-electron chi connectivity index (χ4n) is 4.05. The summed E-state index contributed by atoms with van der Waals surface area (Å²) in [5.41, 5.74) is 3.00. The molecule has 6 nitrogen and oxygen atoms in total. The van der Waals surface area contributed by atoms with Gasteiger partial charge in [0.1, 0.15) is 17.5 Å². The van der Waals surface area contributed by atoms with Gasteiger partial charge in [-0.1, -0.05) is 69.3 Å². The molecule has 2 amide bonds. The molecule has 0 saturated carbocycles. The summed E-state index contributed by atoms with van der Waals surface area (Å²) < 4.78 is 12.1. The Morgan fingerprint density at radius 1 is 0.947 bits per heavy atom. The summed E-state index contributed by atoms with van der Waals surface area (Å²) >= 11 is 3.55. The molecule has 0 aromatic heterocycles. The monoisotopic (exact) mass is 580 g/mol. The molecule has 202 valence electrons. The third kappa shape index (κ3) is 8.62. The minimum Gasteiger partial charge on any atom is -0.497 e. The van der Waals surface area contributed by atoms with Crippen LogP contribution in [0.25, 0.3) is 0 Å². The van der Waals surface area contributed by atoms with Crippen LogP contribution in [-0.2, 0) is 29.0 Å². The Morgan fingerprint density at radius 3 is 2.34 bits per heavy atom. The summed E-state index contributed by atoms with van der Waals surface area (Å²) in [6.45, 7) is 6.74. The third-order valence-corrected chi connectivity index (χ3v) is 6.82. The van der Waals surface area contributed by atoms with Gasteiger partial charge in [0.25, 0.3) is 5.91 Å². The molecule has 1 atom stereocenters. The van der Waals surface area contributed by atoms with Crippen LogP contribution in [0.5, 0.6) is 11.5 Å². The summed E-state index contributed by atoms with van der Waals surface area (Å²) in [5, 5.41) is 3.04. The molecule has 1 N–H and O–H groups in total. The van der Waals surface area contributed by atoms with Gasteiger partial charge < -0.3 is 19.7 Å². The Kier molecular flexibility index (Phi) is 11.2. The Labute approximate surface area is 234 Å². The highest BCUT2D eigenvalue weighted by Gasteiger charge is 2.31. The van der Waals surface area contributed by atoms with Crippen LogP contribution in [0.3, 0.4) is 0 Å². The third-order valence-electron chi connectivity index (χ3n) is 6.20. The highest BCUT2D eigenvalue weighted by Crippen LogP contribution is 2.27. The van der Waals surface area contributed by atoms with Gasteiger partial charge >= 0.3 is 0 Å². The number of rotatable bonds is 13. The van der Waals surface area contributed by atoms with Crippen LogP contribution < -0.4 is 14.8 Å². The number of benzene rings is 3. The Balaban J connectivity index is 1.92. The maximum atomic E-state index is 13.8. The number of carbonyl (C=O) groups excluding carboxylic acids is 2. The summed E-state index contributed by atoms with van der Waals surface area (Å²) in [7, 11) is 1.61. The zero-order valence-corrected chi connectivity index (χ0v) is 24.2. The Morgan fingerprint density at radius 2 is 1.68 bits per heavy atom. The van der Waals surface area contributed by atoms with Crippen LogP contribution >= 0.6 is 15.9 Å². The van der Waals surface area contributed by atoms with E-state index >= 15 is 0 Å². The maximum Gasteiger partial charge on any atom is 0.261 e. The second kappa shape index (κ2) is 14.6. The van der Waals surface area contributed by atoms with Crippen molar-refractivity contribution in [3.63, 3.8) is 0 Å². The van der Waals surface area contributed by atoms with Crippen molar-refractivity contribution in [2.24, 2.45) is 5.92 Å². The predicted octanol–water partition coefficient (Wildman–Crippen LogP) is 5.81. The molecule has 0 bridgehead atoms. The van der Waals surface area contributed by atoms with Crippen molar-refractivity contribution in [2.75, 3.05) is 20.3 Å². The zero-order valence-electron chi connectivity index (χ0n) is 22.6. The van der Waals surface area contributed by atoms with Crippen molar-refractivity contribution >= 4 is 27.7 Å². The van der Waals surface area contributed by atoms with Gasteiger partial charge in [0.15, 0.2) is 6.61 Å². The smallest absolute Gasteiger partial charge is 0.261 e. The minimum atomic E-state index is -0.718. The standard InChI is InChI=1S/C31H37BrN2O4/c1-5-23-14-15-29(27(32)17-23)38-21-30(35)34(20-25-12-9-13-26(16-25)37-4)28(31(36)33-19-22(2)3)18-24-10-7-6-8-11-24/h6-17,22,28H,5,18-21H2,1-4H3,(H,33,36). The lowest BCUT2D eigenvalue weighted by atomic mass is 10.0. The van der Waals surface area contributed by atoms with Gasteiger partial charge in [-0.05, 0) is 69.2 Å². The summed E-state index contributed by atoms with van der Waals surface area (Å²) in [6.07, 6.45) is 1.29. The number of nitrogens with zero attached hydrogens (tertiary/aromatic N) is 1. The summed E-state index contributed by atoms with van der Waals surface area (Å²) in [4.78, 5) is 28.9. The Hall–Kier alpha value is -3.32. The van der Waals surface area contributed by atoms with Crippen molar-refractivity contribution in [1.29, 1.82) is 0 Å². The van der Waals surface area contributed by atoms with E-state index in [0.717, 1.165) is 22.0 Å². The number of hydrogen-bond acceptors (Lipinski definition) is 4. The number of methoxy groups -OCH3 is 1. The molecule has 0 fully saturated rings. The average Bonchev–Trinajstić information content (AvgIpc) is 2.93. The molecule has 0 heterocycles. The number of aryl methyl sites for hydroxylation is 1. The van der Waals surface area contributed by atoms with E-state index in [1.807, 2.05) is 86.6 Å². The topological polar surface area (TPSA) is 67.9 Å². The molecule has 1 unspecified atom stereocenters. The van der Waals surface area contributed by atoms with E-state index < -0.39 is 6.04 Å². The first kappa shape index (κ1) is 29.2. The number of halogens is 1. The van der Waals surface area contributed by atoms with Crippen molar-refractivity contribution in [1.82, 2.24) is 10.2 Å². The number of amides is 2. The molecule has 3 aromatic rings. The molecule has 7 heteroatoms. The van der Waals surface area contributed by atoms with E-state index in [1.54, 1.807) is 12.0 Å².